The largest absolute Gasteiger partial charge is 0.426 e. The Morgan fingerprint density at radius 1 is 1.30 bits per heavy atom. The summed E-state index contributed by atoms with van der Waals surface area (Å²) in [7, 11) is 0. The highest BCUT2D eigenvalue weighted by Gasteiger charge is 2.11. The zero-order valence-electron chi connectivity index (χ0n) is 12.1. The molecule has 0 heterocycles. The Balaban J connectivity index is 2.89. The third-order valence-electron chi connectivity index (χ3n) is 2.56. The lowest BCUT2D eigenvalue weighted by molar-refractivity contribution is -0.137. The molecule has 0 fully saturated rings. The highest BCUT2D eigenvalue weighted by molar-refractivity contribution is 9.10. The molecule has 4 nitrogen and oxygen atoms in total. The van der Waals surface area contributed by atoms with Crippen molar-refractivity contribution in [1.29, 1.82) is 0 Å². The lowest BCUT2D eigenvalue weighted by atomic mass is 10.2. The molecular weight excluding hydrogens is 322 g/mol. The van der Waals surface area contributed by atoms with Crippen molar-refractivity contribution in [2.24, 2.45) is 16.8 Å². The van der Waals surface area contributed by atoms with Gasteiger partial charge in [-0.3, -0.25) is 9.79 Å². The molecule has 0 aromatic heterocycles. The molecular formula is C15H20BrNO3. The van der Waals surface area contributed by atoms with Crippen LogP contribution >= 0.6 is 15.9 Å². The number of carbonyl (C=O) groups excluding carboxylic acids is 1. The van der Waals surface area contributed by atoms with E-state index in [0.717, 1.165) is 10.0 Å². The first kappa shape index (κ1) is 16.9. The third-order valence-corrected chi connectivity index (χ3v) is 3.01. The summed E-state index contributed by atoms with van der Waals surface area (Å²) < 4.78 is 6.04. The fraction of sp³-hybridized carbons (Fsp3) is 0.467. The molecule has 0 radical (unpaired) electrons. The van der Waals surface area contributed by atoms with Crippen molar-refractivity contribution >= 4 is 28.1 Å². The normalized spacial score (nSPS) is 13.2. The van der Waals surface area contributed by atoms with Crippen molar-refractivity contribution in [2.75, 3.05) is 0 Å². The van der Waals surface area contributed by atoms with Crippen LogP contribution in [-0.4, -0.2) is 23.5 Å². The lowest BCUT2D eigenvalue weighted by Gasteiger charge is -2.09. The average molecular weight is 342 g/mol. The quantitative estimate of drug-likeness (QED) is 0.507. The number of halogens is 1. The van der Waals surface area contributed by atoms with E-state index in [1.807, 2.05) is 19.9 Å². The SMILES string of the molecule is CC(C)C(=O)Oc1cc(Br)cc(/C=N/C(O)C(C)C)c1. The van der Waals surface area contributed by atoms with Crippen LogP contribution in [0.15, 0.2) is 27.7 Å². The van der Waals surface area contributed by atoms with Gasteiger partial charge in [-0.2, -0.15) is 0 Å². The number of aliphatic hydroxyl groups excluding tert-OH is 1. The highest BCUT2D eigenvalue weighted by Crippen LogP contribution is 2.21. The Labute approximate surface area is 128 Å². The van der Waals surface area contributed by atoms with Crippen molar-refractivity contribution in [1.82, 2.24) is 0 Å². The van der Waals surface area contributed by atoms with Crippen LogP contribution in [0, 0.1) is 11.8 Å². The van der Waals surface area contributed by atoms with Crippen LogP contribution in [0.5, 0.6) is 5.75 Å². The molecule has 0 aliphatic heterocycles. The molecule has 0 aliphatic carbocycles. The Hall–Kier alpha value is -1.20. The maximum atomic E-state index is 11.6. The molecule has 5 heteroatoms. The molecule has 1 unspecified atom stereocenters. The second kappa shape index (κ2) is 7.55. The topological polar surface area (TPSA) is 58.9 Å². The summed E-state index contributed by atoms with van der Waals surface area (Å²) in [6.45, 7) is 7.33. The van der Waals surface area contributed by atoms with E-state index >= 15 is 0 Å². The molecule has 1 aromatic carbocycles. The van der Waals surface area contributed by atoms with Crippen molar-refractivity contribution in [2.45, 2.75) is 33.9 Å². The van der Waals surface area contributed by atoms with Crippen molar-refractivity contribution < 1.29 is 14.6 Å². The Bertz CT molecular complexity index is 498. The van der Waals surface area contributed by atoms with E-state index in [-0.39, 0.29) is 17.8 Å². The van der Waals surface area contributed by atoms with Gasteiger partial charge in [0.2, 0.25) is 0 Å². The lowest BCUT2D eigenvalue weighted by Crippen LogP contribution is -2.15. The van der Waals surface area contributed by atoms with Gasteiger partial charge in [-0.25, -0.2) is 0 Å². The number of carbonyl (C=O) groups is 1. The average Bonchev–Trinajstić information content (AvgIpc) is 2.34. The van der Waals surface area contributed by atoms with Crippen LogP contribution < -0.4 is 4.74 Å². The summed E-state index contributed by atoms with van der Waals surface area (Å²) >= 11 is 3.36. The first-order valence-electron chi connectivity index (χ1n) is 6.53. The van der Waals surface area contributed by atoms with Crippen molar-refractivity contribution in [3.05, 3.63) is 28.2 Å². The van der Waals surface area contributed by atoms with Crippen LogP contribution in [0.1, 0.15) is 33.3 Å². The Kier molecular flexibility index (Phi) is 6.36. The molecule has 1 atom stereocenters. The van der Waals surface area contributed by atoms with Crippen LogP contribution in [0.25, 0.3) is 0 Å². The fourth-order valence-corrected chi connectivity index (χ4v) is 1.78. The summed E-state index contributed by atoms with van der Waals surface area (Å²) in [6, 6.07) is 5.27. The number of aliphatic imine (C=N–C) groups is 1. The van der Waals surface area contributed by atoms with E-state index < -0.39 is 6.23 Å². The summed E-state index contributed by atoms with van der Waals surface area (Å²) in [4.78, 5) is 15.6. The van der Waals surface area contributed by atoms with Gasteiger partial charge >= 0.3 is 5.97 Å². The number of nitrogens with zero attached hydrogens (tertiary/aromatic N) is 1. The number of hydrogen-bond donors (Lipinski definition) is 1. The van der Waals surface area contributed by atoms with E-state index in [0.29, 0.717) is 5.75 Å². The zero-order valence-corrected chi connectivity index (χ0v) is 13.7. The number of benzene rings is 1. The summed E-state index contributed by atoms with van der Waals surface area (Å²) in [5.41, 5.74) is 0.755. The number of esters is 1. The first-order chi connectivity index (χ1) is 9.29. The van der Waals surface area contributed by atoms with Crippen LogP contribution in [0.3, 0.4) is 0 Å². The predicted octanol–water partition coefficient (Wildman–Crippen LogP) is 3.40. The van der Waals surface area contributed by atoms with Gasteiger partial charge in [-0.15, -0.1) is 0 Å². The minimum atomic E-state index is -0.740. The minimum absolute atomic E-state index is 0.0524. The molecule has 20 heavy (non-hydrogen) atoms. The number of rotatable bonds is 5. The Morgan fingerprint density at radius 2 is 1.95 bits per heavy atom. The van der Waals surface area contributed by atoms with E-state index in [2.05, 4.69) is 20.9 Å². The summed E-state index contributed by atoms with van der Waals surface area (Å²) in [5.74, 6) is 0.0391. The van der Waals surface area contributed by atoms with Gasteiger partial charge in [0.1, 0.15) is 12.0 Å². The van der Waals surface area contributed by atoms with Gasteiger partial charge in [0.15, 0.2) is 0 Å². The van der Waals surface area contributed by atoms with Gasteiger partial charge in [0, 0.05) is 10.7 Å². The minimum Gasteiger partial charge on any atom is -0.426 e. The van der Waals surface area contributed by atoms with Crippen molar-refractivity contribution in [3.63, 3.8) is 0 Å². The second-order valence-corrected chi connectivity index (χ2v) is 6.15. The van der Waals surface area contributed by atoms with E-state index in [9.17, 15) is 9.90 Å². The molecule has 110 valence electrons. The molecule has 1 aromatic rings. The van der Waals surface area contributed by atoms with Gasteiger partial charge in [-0.05, 0) is 29.7 Å². The van der Waals surface area contributed by atoms with Gasteiger partial charge in [0.25, 0.3) is 0 Å². The van der Waals surface area contributed by atoms with Gasteiger partial charge < -0.3 is 9.84 Å². The predicted molar refractivity (Wildman–Crippen MR) is 83.1 cm³/mol. The molecule has 0 aliphatic rings. The number of hydrogen-bond acceptors (Lipinski definition) is 4. The molecule has 0 spiro atoms. The van der Waals surface area contributed by atoms with E-state index in [4.69, 9.17) is 4.74 Å². The number of aliphatic hydroxyl groups is 1. The summed E-state index contributed by atoms with van der Waals surface area (Å²) in [6.07, 6.45) is 0.831. The molecule has 0 bridgehead atoms. The highest BCUT2D eigenvalue weighted by atomic mass is 79.9. The molecule has 1 rings (SSSR count). The first-order valence-corrected chi connectivity index (χ1v) is 7.32. The smallest absolute Gasteiger partial charge is 0.313 e. The molecule has 0 saturated heterocycles. The zero-order chi connectivity index (χ0) is 15.3. The van der Waals surface area contributed by atoms with E-state index in [1.165, 1.54) is 0 Å². The number of ether oxygens (including phenoxy) is 1. The van der Waals surface area contributed by atoms with Gasteiger partial charge in [-0.1, -0.05) is 43.6 Å². The summed E-state index contributed by atoms with van der Waals surface area (Å²) in [5, 5.41) is 9.65. The monoisotopic (exact) mass is 341 g/mol. The van der Waals surface area contributed by atoms with Crippen molar-refractivity contribution in [3.8, 4) is 5.75 Å². The fourth-order valence-electron chi connectivity index (χ4n) is 1.29. The van der Waals surface area contributed by atoms with Crippen LogP contribution in [0.4, 0.5) is 0 Å². The standard InChI is InChI=1S/C15H20BrNO3/c1-9(2)14(18)17-8-11-5-12(16)7-13(6-11)20-15(19)10(3)4/h5-10,14,18H,1-4H3/b17-8+. The molecule has 0 amide bonds. The maximum absolute atomic E-state index is 11.6. The van der Waals surface area contributed by atoms with E-state index in [1.54, 1.807) is 32.2 Å². The Morgan fingerprint density at radius 3 is 2.50 bits per heavy atom. The van der Waals surface area contributed by atoms with Crippen LogP contribution in [-0.2, 0) is 4.79 Å². The maximum Gasteiger partial charge on any atom is 0.313 e. The second-order valence-electron chi connectivity index (χ2n) is 5.23. The van der Waals surface area contributed by atoms with Crippen LogP contribution in [0.2, 0.25) is 0 Å². The molecule has 1 N–H and O–H groups in total. The molecule has 0 saturated carbocycles. The third kappa shape index (κ3) is 5.43. The van der Waals surface area contributed by atoms with Gasteiger partial charge in [0.05, 0.1) is 5.92 Å².